The van der Waals surface area contributed by atoms with E-state index in [2.05, 4.69) is 52.7 Å². The molecular formula is C25H31N5O2. The number of fused-ring (bicyclic) bond motifs is 2. The molecule has 1 fully saturated rings. The van der Waals surface area contributed by atoms with E-state index in [1.807, 2.05) is 31.1 Å². The zero-order valence-corrected chi connectivity index (χ0v) is 19.3. The maximum absolute atomic E-state index is 13.5. The number of aryl methyl sites for hydroxylation is 2. The molecule has 1 spiro atoms. The van der Waals surface area contributed by atoms with Gasteiger partial charge in [0.1, 0.15) is 11.3 Å². The Labute approximate surface area is 189 Å². The highest BCUT2D eigenvalue weighted by molar-refractivity contribution is 5.96. The predicted molar refractivity (Wildman–Crippen MR) is 122 cm³/mol. The number of hydrogen-bond donors (Lipinski definition) is 0. The Kier molecular flexibility index (Phi) is 5.16. The van der Waals surface area contributed by atoms with Gasteiger partial charge in [-0.2, -0.15) is 0 Å². The highest BCUT2D eigenvalue weighted by Gasteiger charge is 2.45. The van der Waals surface area contributed by atoms with Crippen LogP contribution in [0.2, 0.25) is 0 Å². The minimum absolute atomic E-state index is 0.0203. The van der Waals surface area contributed by atoms with E-state index in [0.717, 1.165) is 43.7 Å². The molecule has 2 aliphatic heterocycles. The first-order chi connectivity index (χ1) is 15.4. The average molecular weight is 434 g/mol. The van der Waals surface area contributed by atoms with Crippen LogP contribution in [0.1, 0.15) is 54.2 Å². The number of carbonyl (C=O) groups is 1. The highest BCUT2D eigenvalue weighted by Crippen LogP contribution is 2.39. The number of amides is 1. The van der Waals surface area contributed by atoms with Gasteiger partial charge in [-0.1, -0.05) is 35.5 Å². The van der Waals surface area contributed by atoms with Gasteiger partial charge in [0.25, 0.3) is 5.91 Å². The van der Waals surface area contributed by atoms with Crippen LogP contribution in [0.15, 0.2) is 41.2 Å². The molecule has 1 saturated heterocycles. The number of piperidine rings is 1. The maximum Gasteiger partial charge on any atom is 0.259 e. The molecule has 2 aromatic heterocycles. The topological polar surface area (TPSA) is 67.4 Å². The SMILES string of the molecule is Cc1noc(C)c1C(=O)N1CCC[C@]2(C1)CN(C(C)C)Cc1c(-c3ccccc3)ncn12. The summed E-state index contributed by atoms with van der Waals surface area (Å²) >= 11 is 0. The quantitative estimate of drug-likeness (QED) is 0.624. The van der Waals surface area contributed by atoms with Gasteiger partial charge in [0, 0.05) is 37.8 Å². The molecule has 0 bridgehead atoms. The lowest BCUT2D eigenvalue weighted by Crippen LogP contribution is -2.60. The van der Waals surface area contributed by atoms with Gasteiger partial charge >= 0.3 is 0 Å². The van der Waals surface area contributed by atoms with Gasteiger partial charge in [0.2, 0.25) is 0 Å². The maximum atomic E-state index is 13.5. The summed E-state index contributed by atoms with van der Waals surface area (Å²) in [5.74, 6) is 0.612. The smallest absolute Gasteiger partial charge is 0.259 e. The average Bonchev–Trinajstić information content (AvgIpc) is 3.37. The van der Waals surface area contributed by atoms with Crippen LogP contribution in [0.4, 0.5) is 0 Å². The van der Waals surface area contributed by atoms with Gasteiger partial charge in [-0.25, -0.2) is 4.98 Å². The molecule has 0 unspecified atom stereocenters. The largest absolute Gasteiger partial charge is 0.361 e. The third kappa shape index (κ3) is 3.35. The molecule has 2 aliphatic rings. The molecule has 0 radical (unpaired) electrons. The van der Waals surface area contributed by atoms with Crippen LogP contribution in [-0.2, 0) is 12.1 Å². The van der Waals surface area contributed by atoms with E-state index < -0.39 is 0 Å². The van der Waals surface area contributed by atoms with Crippen LogP contribution in [0.25, 0.3) is 11.3 Å². The molecule has 168 valence electrons. The fraction of sp³-hybridized carbons (Fsp3) is 0.480. The van der Waals surface area contributed by atoms with E-state index in [4.69, 9.17) is 9.51 Å². The van der Waals surface area contributed by atoms with E-state index in [-0.39, 0.29) is 11.4 Å². The fourth-order valence-corrected chi connectivity index (χ4v) is 5.40. The lowest BCUT2D eigenvalue weighted by atomic mass is 9.85. The number of hydrogen-bond acceptors (Lipinski definition) is 5. The molecule has 0 aliphatic carbocycles. The van der Waals surface area contributed by atoms with Crippen molar-refractivity contribution in [2.75, 3.05) is 19.6 Å². The summed E-state index contributed by atoms with van der Waals surface area (Å²) < 4.78 is 7.66. The van der Waals surface area contributed by atoms with Gasteiger partial charge in [-0.15, -0.1) is 0 Å². The molecule has 7 heteroatoms. The van der Waals surface area contributed by atoms with E-state index in [0.29, 0.717) is 29.6 Å². The van der Waals surface area contributed by atoms with Gasteiger partial charge in [-0.3, -0.25) is 9.69 Å². The second-order valence-corrected chi connectivity index (χ2v) is 9.53. The Balaban J connectivity index is 1.55. The number of nitrogens with zero attached hydrogens (tertiary/aromatic N) is 5. The van der Waals surface area contributed by atoms with Crippen LogP contribution in [0, 0.1) is 13.8 Å². The van der Waals surface area contributed by atoms with Gasteiger partial charge in [0.15, 0.2) is 0 Å². The lowest BCUT2D eigenvalue weighted by molar-refractivity contribution is 0.0178. The van der Waals surface area contributed by atoms with Crippen LogP contribution < -0.4 is 0 Å². The number of likely N-dealkylation sites (tertiary alicyclic amines) is 1. The molecule has 1 atom stereocenters. The van der Waals surface area contributed by atoms with Crippen LogP contribution >= 0.6 is 0 Å². The first-order valence-electron chi connectivity index (χ1n) is 11.5. The first kappa shape index (κ1) is 20.9. The Morgan fingerprint density at radius 3 is 2.62 bits per heavy atom. The van der Waals surface area contributed by atoms with Gasteiger partial charge in [0.05, 0.1) is 28.9 Å². The standard InChI is InChI=1S/C25H31N5O2/c1-17(2)29-13-21-23(20-9-6-5-7-10-20)26-16-30(21)25(15-29)11-8-12-28(14-25)24(31)22-18(3)27-32-19(22)4/h5-7,9-10,16-17H,8,11-15H2,1-4H3/t25-/m0/s1. The monoisotopic (exact) mass is 433 g/mol. The highest BCUT2D eigenvalue weighted by atomic mass is 16.5. The van der Waals surface area contributed by atoms with Crippen molar-refractivity contribution in [2.45, 2.75) is 58.7 Å². The van der Waals surface area contributed by atoms with Crippen molar-refractivity contribution < 1.29 is 9.32 Å². The molecule has 1 aromatic carbocycles. The molecule has 3 aromatic rings. The number of imidazole rings is 1. The molecule has 7 nitrogen and oxygen atoms in total. The molecule has 0 saturated carbocycles. The molecule has 32 heavy (non-hydrogen) atoms. The molecule has 1 amide bonds. The second-order valence-electron chi connectivity index (χ2n) is 9.53. The predicted octanol–water partition coefficient (Wildman–Crippen LogP) is 4.01. The third-order valence-corrected chi connectivity index (χ3v) is 7.10. The van der Waals surface area contributed by atoms with Crippen molar-refractivity contribution >= 4 is 5.91 Å². The minimum Gasteiger partial charge on any atom is -0.361 e. The molecule has 0 N–H and O–H groups in total. The van der Waals surface area contributed by atoms with Crippen molar-refractivity contribution in [3.05, 3.63) is 59.4 Å². The Hall–Kier alpha value is -2.93. The summed E-state index contributed by atoms with van der Waals surface area (Å²) in [5.41, 5.74) is 4.50. The normalized spacial score (nSPS) is 21.3. The lowest BCUT2D eigenvalue weighted by Gasteiger charge is -2.50. The van der Waals surface area contributed by atoms with Crippen LogP contribution in [0.3, 0.4) is 0 Å². The van der Waals surface area contributed by atoms with Gasteiger partial charge in [-0.05, 0) is 40.5 Å². The van der Waals surface area contributed by atoms with Crippen LogP contribution in [0.5, 0.6) is 0 Å². The summed E-state index contributed by atoms with van der Waals surface area (Å²) in [4.78, 5) is 22.9. The molecule has 5 rings (SSSR count). The molecular weight excluding hydrogens is 402 g/mol. The van der Waals surface area contributed by atoms with Crippen molar-refractivity contribution in [2.24, 2.45) is 0 Å². The van der Waals surface area contributed by atoms with Crippen molar-refractivity contribution in [3.63, 3.8) is 0 Å². The Morgan fingerprint density at radius 1 is 1.16 bits per heavy atom. The van der Waals surface area contributed by atoms with E-state index in [1.165, 1.54) is 5.69 Å². The Bertz CT molecular complexity index is 1110. The Morgan fingerprint density at radius 2 is 1.94 bits per heavy atom. The second kappa shape index (κ2) is 7.89. The first-order valence-corrected chi connectivity index (χ1v) is 11.5. The molecule has 4 heterocycles. The number of benzene rings is 1. The van der Waals surface area contributed by atoms with E-state index in [1.54, 1.807) is 0 Å². The summed E-state index contributed by atoms with van der Waals surface area (Å²) in [5, 5.41) is 4.00. The summed E-state index contributed by atoms with van der Waals surface area (Å²) in [7, 11) is 0. The summed E-state index contributed by atoms with van der Waals surface area (Å²) in [6, 6.07) is 10.8. The summed E-state index contributed by atoms with van der Waals surface area (Å²) in [6.07, 6.45) is 3.98. The van der Waals surface area contributed by atoms with Crippen LogP contribution in [-0.4, -0.2) is 56.1 Å². The summed E-state index contributed by atoms with van der Waals surface area (Å²) in [6.45, 7) is 11.3. The van der Waals surface area contributed by atoms with E-state index in [9.17, 15) is 4.79 Å². The third-order valence-electron chi connectivity index (χ3n) is 7.10. The fourth-order valence-electron chi connectivity index (χ4n) is 5.40. The zero-order valence-electron chi connectivity index (χ0n) is 19.3. The van der Waals surface area contributed by atoms with Crippen molar-refractivity contribution in [3.8, 4) is 11.3 Å². The van der Waals surface area contributed by atoms with Crippen molar-refractivity contribution in [1.82, 2.24) is 24.5 Å². The van der Waals surface area contributed by atoms with Crippen molar-refractivity contribution in [1.29, 1.82) is 0 Å². The number of rotatable bonds is 3. The minimum atomic E-state index is -0.190. The zero-order chi connectivity index (χ0) is 22.5. The number of carbonyl (C=O) groups excluding carboxylic acids is 1. The van der Waals surface area contributed by atoms with Gasteiger partial charge < -0.3 is 14.0 Å². The number of aromatic nitrogens is 3. The van der Waals surface area contributed by atoms with E-state index >= 15 is 0 Å².